The van der Waals surface area contributed by atoms with Crippen LogP contribution in [0.2, 0.25) is 0 Å². The molecule has 146 valence electrons. The van der Waals surface area contributed by atoms with E-state index in [9.17, 15) is 17.6 Å². The highest BCUT2D eigenvalue weighted by molar-refractivity contribution is 7.90. The predicted octanol–water partition coefficient (Wildman–Crippen LogP) is 2.49. The lowest BCUT2D eigenvalue weighted by atomic mass is 10.2. The van der Waals surface area contributed by atoms with E-state index >= 15 is 0 Å². The Labute approximate surface area is 161 Å². The number of hydrogen-bond donors (Lipinski definition) is 1. The first-order chi connectivity index (χ1) is 13.3. The molecule has 0 radical (unpaired) electrons. The van der Waals surface area contributed by atoms with Crippen molar-refractivity contribution < 1.29 is 22.3 Å². The SMILES string of the molecule is CNC(=O)OCc1cc(-c2cccnc2F)n(S(=O)(=O)c2ccc(C)nc2)c1. The van der Waals surface area contributed by atoms with E-state index in [2.05, 4.69) is 15.3 Å². The van der Waals surface area contributed by atoms with Crippen LogP contribution >= 0.6 is 0 Å². The van der Waals surface area contributed by atoms with E-state index in [4.69, 9.17) is 4.74 Å². The molecule has 0 aliphatic heterocycles. The van der Waals surface area contributed by atoms with Crippen LogP contribution in [-0.4, -0.2) is 35.5 Å². The van der Waals surface area contributed by atoms with Gasteiger partial charge in [0.05, 0.1) is 11.3 Å². The molecule has 10 heteroatoms. The van der Waals surface area contributed by atoms with Crippen LogP contribution in [0.25, 0.3) is 11.3 Å². The summed E-state index contributed by atoms with van der Waals surface area (Å²) in [5, 5.41) is 2.29. The molecule has 28 heavy (non-hydrogen) atoms. The molecule has 0 aromatic carbocycles. The fourth-order valence-electron chi connectivity index (χ4n) is 2.49. The normalized spacial score (nSPS) is 11.2. The van der Waals surface area contributed by atoms with Gasteiger partial charge in [0.25, 0.3) is 10.0 Å². The minimum Gasteiger partial charge on any atom is -0.445 e. The second-order valence-corrected chi connectivity index (χ2v) is 7.65. The smallest absolute Gasteiger partial charge is 0.407 e. The van der Waals surface area contributed by atoms with Crippen LogP contribution in [0.5, 0.6) is 0 Å². The van der Waals surface area contributed by atoms with Gasteiger partial charge >= 0.3 is 6.09 Å². The molecule has 0 fully saturated rings. The number of hydrogen-bond acceptors (Lipinski definition) is 6. The molecule has 3 heterocycles. The van der Waals surface area contributed by atoms with Gasteiger partial charge < -0.3 is 10.1 Å². The molecule has 8 nitrogen and oxygen atoms in total. The van der Waals surface area contributed by atoms with E-state index in [1.807, 2.05) is 0 Å². The Morgan fingerprint density at radius 1 is 1.29 bits per heavy atom. The maximum Gasteiger partial charge on any atom is 0.407 e. The number of nitrogens with zero attached hydrogens (tertiary/aromatic N) is 3. The third kappa shape index (κ3) is 3.86. The molecular formula is C18H17FN4O4S. The summed E-state index contributed by atoms with van der Waals surface area (Å²) in [5.74, 6) is -0.821. The largest absolute Gasteiger partial charge is 0.445 e. The molecule has 0 saturated heterocycles. The summed E-state index contributed by atoms with van der Waals surface area (Å²) in [6.45, 7) is 1.54. The summed E-state index contributed by atoms with van der Waals surface area (Å²) in [5.41, 5.74) is 1.08. The van der Waals surface area contributed by atoms with Crippen molar-refractivity contribution in [2.75, 3.05) is 7.05 Å². The van der Waals surface area contributed by atoms with E-state index in [1.54, 1.807) is 13.0 Å². The van der Waals surface area contributed by atoms with Crippen LogP contribution in [0.4, 0.5) is 9.18 Å². The Hall–Kier alpha value is -3.27. The molecule has 3 aromatic rings. The molecule has 3 rings (SSSR count). The maximum atomic E-state index is 14.2. The molecule has 0 unspecified atom stereocenters. The molecule has 3 aromatic heterocycles. The molecule has 1 amide bonds. The first-order valence-corrected chi connectivity index (χ1v) is 9.62. The lowest BCUT2D eigenvalue weighted by Crippen LogP contribution is -2.18. The molecule has 0 saturated carbocycles. The molecule has 0 bridgehead atoms. The van der Waals surface area contributed by atoms with E-state index in [0.717, 1.165) is 3.97 Å². The summed E-state index contributed by atoms with van der Waals surface area (Å²) >= 11 is 0. The van der Waals surface area contributed by atoms with Crippen molar-refractivity contribution in [3.8, 4) is 11.3 Å². The highest BCUT2D eigenvalue weighted by Gasteiger charge is 2.24. The minimum atomic E-state index is -4.07. The van der Waals surface area contributed by atoms with Crippen LogP contribution < -0.4 is 5.32 Å². The van der Waals surface area contributed by atoms with Crippen LogP contribution in [0, 0.1) is 12.9 Å². The fourth-order valence-corrected chi connectivity index (χ4v) is 3.83. The second kappa shape index (κ2) is 7.77. The van der Waals surface area contributed by atoms with Crippen molar-refractivity contribution >= 4 is 16.1 Å². The van der Waals surface area contributed by atoms with Crippen LogP contribution in [0.3, 0.4) is 0 Å². The predicted molar refractivity (Wildman–Crippen MR) is 98.4 cm³/mol. The van der Waals surface area contributed by atoms with Gasteiger partial charge in [0, 0.05) is 36.9 Å². The average molecular weight is 404 g/mol. The minimum absolute atomic E-state index is 0.00246. The molecule has 1 N–H and O–H groups in total. The number of nitrogens with one attached hydrogen (secondary N) is 1. The van der Waals surface area contributed by atoms with E-state index < -0.39 is 22.1 Å². The molecule has 0 aliphatic carbocycles. The van der Waals surface area contributed by atoms with Gasteiger partial charge in [-0.05, 0) is 37.3 Å². The number of aryl methyl sites for hydroxylation is 1. The van der Waals surface area contributed by atoms with Crippen LogP contribution in [0.15, 0.2) is 53.8 Å². The summed E-state index contributed by atoms with van der Waals surface area (Å²) in [7, 11) is -2.67. The van der Waals surface area contributed by atoms with Crippen LogP contribution in [-0.2, 0) is 21.4 Å². The number of rotatable bonds is 5. The van der Waals surface area contributed by atoms with Crippen molar-refractivity contribution in [3.05, 3.63) is 66.1 Å². The number of aromatic nitrogens is 3. The average Bonchev–Trinajstić information content (AvgIpc) is 3.11. The Balaban J connectivity index is 2.12. The zero-order valence-corrected chi connectivity index (χ0v) is 15.9. The number of carbonyl (C=O) groups is 1. The van der Waals surface area contributed by atoms with Gasteiger partial charge in [-0.25, -0.2) is 22.2 Å². The summed E-state index contributed by atoms with van der Waals surface area (Å²) in [6, 6.07) is 7.33. The van der Waals surface area contributed by atoms with Gasteiger partial charge in [-0.1, -0.05) is 0 Å². The lowest BCUT2D eigenvalue weighted by Gasteiger charge is -2.10. The van der Waals surface area contributed by atoms with Crippen LogP contribution in [0.1, 0.15) is 11.3 Å². The third-order valence-electron chi connectivity index (χ3n) is 3.89. The van der Waals surface area contributed by atoms with E-state index in [1.165, 1.54) is 49.9 Å². The molecule has 0 spiro atoms. The van der Waals surface area contributed by atoms with Crippen molar-refractivity contribution in [3.63, 3.8) is 0 Å². The summed E-state index contributed by atoms with van der Waals surface area (Å²) in [6.07, 6.45) is 3.10. The van der Waals surface area contributed by atoms with Gasteiger partial charge in [0.15, 0.2) is 0 Å². The Bertz CT molecular complexity index is 1110. The zero-order valence-electron chi connectivity index (χ0n) is 15.1. The van der Waals surface area contributed by atoms with Gasteiger partial charge in [0.1, 0.15) is 11.5 Å². The van der Waals surface area contributed by atoms with Gasteiger partial charge in [-0.3, -0.25) is 4.98 Å². The first-order valence-electron chi connectivity index (χ1n) is 8.18. The fraction of sp³-hybridized carbons (Fsp3) is 0.167. The van der Waals surface area contributed by atoms with Crippen molar-refractivity contribution in [2.45, 2.75) is 18.4 Å². The van der Waals surface area contributed by atoms with Crippen molar-refractivity contribution in [1.29, 1.82) is 0 Å². The molecule has 0 atom stereocenters. The maximum absolute atomic E-state index is 14.2. The molecular weight excluding hydrogens is 387 g/mol. The zero-order chi connectivity index (χ0) is 20.3. The van der Waals surface area contributed by atoms with E-state index in [-0.39, 0.29) is 22.8 Å². The van der Waals surface area contributed by atoms with Crippen molar-refractivity contribution in [2.24, 2.45) is 0 Å². The Morgan fingerprint density at radius 3 is 2.71 bits per heavy atom. The highest BCUT2D eigenvalue weighted by atomic mass is 32.2. The summed E-state index contributed by atoms with van der Waals surface area (Å²) < 4.78 is 46.4. The summed E-state index contributed by atoms with van der Waals surface area (Å²) in [4.78, 5) is 18.8. The van der Waals surface area contributed by atoms with Gasteiger partial charge in [-0.15, -0.1) is 0 Å². The Morgan fingerprint density at radius 2 is 2.07 bits per heavy atom. The standard InChI is InChI=1S/C18H17FN4O4S/c1-12-5-6-14(9-22-12)28(25,26)23-10-13(11-27-18(24)20-2)8-16(23)15-4-3-7-21-17(15)19/h3-10H,11H2,1-2H3,(H,20,24). The second-order valence-electron chi connectivity index (χ2n) is 5.84. The number of carbonyl (C=O) groups excluding carboxylic acids is 1. The quantitative estimate of drug-likeness (QED) is 0.656. The van der Waals surface area contributed by atoms with Gasteiger partial charge in [0.2, 0.25) is 5.95 Å². The van der Waals surface area contributed by atoms with Gasteiger partial charge in [-0.2, -0.15) is 4.39 Å². The number of pyridine rings is 2. The molecule has 0 aliphatic rings. The Kier molecular flexibility index (Phi) is 5.41. The number of halogens is 1. The topological polar surface area (TPSA) is 103 Å². The third-order valence-corrected chi connectivity index (χ3v) is 5.55. The highest BCUT2D eigenvalue weighted by Crippen LogP contribution is 2.28. The van der Waals surface area contributed by atoms with E-state index in [0.29, 0.717) is 11.3 Å². The van der Waals surface area contributed by atoms with Crippen molar-refractivity contribution in [1.82, 2.24) is 19.3 Å². The first kappa shape index (κ1) is 19.5. The monoisotopic (exact) mass is 404 g/mol. The number of alkyl carbamates (subject to hydrolysis) is 1. The number of amides is 1. The number of ether oxygens (including phenoxy) is 1. The lowest BCUT2D eigenvalue weighted by molar-refractivity contribution is 0.142.